The lowest BCUT2D eigenvalue weighted by molar-refractivity contribution is -0.274. The van der Waals surface area contributed by atoms with Crippen molar-refractivity contribution in [3.05, 3.63) is 78.1 Å². The highest BCUT2D eigenvalue weighted by atomic mass is 32.2. The molecule has 11 nitrogen and oxygen atoms in total. The van der Waals surface area contributed by atoms with Gasteiger partial charge in [0.15, 0.2) is 11.0 Å². The maximum absolute atomic E-state index is 15.3. The fourth-order valence-electron chi connectivity index (χ4n) is 4.75. The minimum absolute atomic E-state index is 0.0958. The zero-order valence-electron chi connectivity index (χ0n) is 25.9. The number of nitrogens with zero attached hydrogens (tertiary/aromatic N) is 5. The van der Waals surface area contributed by atoms with Gasteiger partial charge in [0.2, 0.25) is 5.91 Å². The van der Waals surface area contributed by atoms with Crippen LogP contribution in [-0.2, 0) is 11.2 Å². The molecular formula is C31H25F7N6O5S. The van der Waals surface area contributed by atoms with Gasteiger partial charge in [0, 0.05) is 6.07 Å². The zero-order chi connectivity index (χ0) is 36.2. The Morgan fingerprint density at radius 2 is 1.72 bits per heavy atom. The maximum atomic E-state index is 15.3. The SMILES string of the molecule is COc1ccc(CC(F)(F)F)c(N2C(=O)CS/C2=N\C(=O)NCC(F)c2ccc(-c3ncn(-c4ccc(OC(F)(F)F)cc4)n3)c(OC)c2)c1. The van der Waals surface area contributed by atoms with Crippen molar-refractivity contribution in [1.82, 2.24) is 20.1 Å². The topological polar surface area (TPSA) is 120 Å². The molecular weight excluding hydrogens is 701 g/mol. The lowest BCUT2D eigenvalue weighted by Gasteiger charge is -2.21. The van der Waals surface area contributed by atoms with Crippen LogP contribution in [-0.4, -0.2) is 70.9 Å². The highest BCUT2D eigenvalue weighted by Gasteiger charge is 2.36. The number of carbonyl (C=O) groups excluding carboxylic acids is 2. The van der Waals surface area contributed by atoms with E-state index in [1.54, 1.807) is 0 Å². The number of hydrogen-bond acceptors (Lipinski definition) is 8. The Morgan fingerprint density at radius 3 is 2.38 bits per heavy atom. The van der Waals surface area contributed by atoms with Crippen LogP contribution in [0.1, 0.15) is 17.3 Å². The number of benzene rings is 3. The van der Waals surface area contributed by atoms with Gasteiger partial charge in [-0.2, -0.15) is 18.2 Å². The molecule has 0 radical (unpaired) electrons. The monoisotopic (exact) mass is 726 g/mol. The van der Waals surface area contributed by atoms with Crippen molar-refractivity contribution in [2.24, 2.45) is 4.99 Å². The first-order valence-corrected chi connectivity index (χ1v) is 15.3. The molecule has 1 aliphatic rings. The molecule has 0 saturated carbocycles. The zero-order valence-corrected chi connectivity index (χ0v) is 26.7. The molecule has 0 spiro atoms. The van der Waals surface area contributed by atoms with E-state index in [2.05, 4.69) is 25.1 Å². The second kappa shape index (κ2) is 14.7. The fourth-order valence-corrected chi connectivity index (χ4v) is 5.60. The Labute approximate surface area is 283 Å². The van der Waals surface area contributed by atoms with Crippen molar-refractivity contribution in [3.63, 3.8) is 0 Å². The summed E-state index contributed by atoms with van der Waals surface area (Å²) in [6, 6.07) is 11.9. The average molecular weight is 727 g/mol. The minimum atomic E-state index is -4.84. The number of nitrogens with one attached hydrogen (secondary N) is 1. The number of carbonyl (C=O) groups is 2. The summed E-state index contributed by atoms with van der Waals surface area (Å²) in [6.45, 7) is -0.559. The van der Waals surface area contributed by atoms with Gasteiger partial charge in [-0.15, -0.1) is 18.3 Å². The van der Waals surface area contributed by atoms with E-state index in [-0.39, 0.29) is 45.1 Å². The third kappa shape index (κ3) is 8.82. The van der Waals surface area contributed by atoms with Gasteiger partial charge in [-0.3, -0.25) is 9.69 Å². The molecule has 1 atom stereocenters. The van der Waals surface area contributed by atoms with Gasteiger partial charge in [-0.1, -0.05) is 23.9 Å². The highest BCUT2D eigenvalue weighted by molar-refractivity contribution is 8.15. The first kappa shape index (κ1) is 36.0. The molecule has 1 unspecified atom stereocenters. The van der Waals surface area contributed by atoms with Gasteiger partial charge in [0.25, 0.3) is 0 Å². The van der Waals surface area contributed by atoms with E-state index >= 15 is 4.39 Å². The van der Waals surface area contributed by atoms with Crippen molar-refractivity contribution in [1.29, 1.82) is 0 Å². The number of methoxy groups -OCH3 is 2. The van der Waals surface area contributed by atoms with Crippen LogP contribution in [0.25, 0.3) is 17.1 Å². The second-order valence-corrected chi connectivity index (χ2v) is 11.3. The number of urea groups is 1. The molecule has 5 rings (SSSR count). The minimum Gasteiger partial charge on any atom is -0.497 e. The number of anilines is 1. The maximum Gasteiger partial charge on any atom is 0.573 e. The Kier molecular flexibility index (Phi) is 10.5. The van der Waals surface area contributed by atoms with Crippen LogP contribution in [0.4, 0.5) is 41.2 Å². The van der Waals surface area contributed by atoms with Crippen molar-refractivity contribution in [2.45, 2.75) is 25.1 Å². The van der Waals surface area contributed by atoms with E-state index in [4.69, 9.17) is 9.47 Å². The third-order valence-corrected chi connectivity index (χ3v) is 7.90. The number of alkyl halides is 7. The predicted molar refractivity (Wildman–Crippen MR) is 167 cm³/mol. The summed E-state index contributed by atoms with van der Waals surface area (Å²) < 4.78 is 108. The number of aromatic nitrogens is 3. The summed E-state index contributed by atoms with van der Waals surface area (Å²) in [5.74, 6) is -0.702. The summed E-state index contributed by atoms with van der Waals surface area (Å²) >= 11 is 0.833. The van der Waals surface area contributed by atoms with Crippen LogP contribution in [0.15, 0.2) is 72.0 Å². The fraction of sp³-hybridized carbons (Fsp3) is 0.258. The molecule has 1 fully saturated rings. The molecule has 0 aliphatic carbocycles. The Morgan fingerprint density at radius 1 is 1.00 bits per heavy atom. The van der Waals surface area contributed by atoms with E-state index in [9.17, 15) is 35.9 Å². The molecule has 1 aliphatic heterocycles. The van der Waals surface area contributed by atoms with E-state index in [0.717, 1.165) is 28.8 Å². The molecule has 2 heterocycles. The van der Waals surface area contributed by atoms with Gasteiger partial charge in [0.05, 0.1) is 49.9 Å². The van der Waals surface area contributed by atoms with E-state index in [1.165, 1.54) is 73.8 Å². The number of thioether (sulfide) groups is 1. The first-order chi connectivity index (χ1) is 23.6. The smallest absolute Gasteiger partial charge is 0.497 e. The van der Waals surface area contributed by atoms with Crippen LogP contribution >= 0.6 is 11.8 Å². The number of aliphatic imine (C=N–C) groups is 1. The molecule has 4 aromatic rings. The molecule has 19 heteroatoms. The van der Waals surface area contributed by atoms with Crippen LogP contribution in [0.5, 0.6) is 17.2 Å². The molecule has 3 aromatic carbocycles. The number of amidine groups is 1. The number of ether oxygens (including phenoxy) is 3. The van der Waals surface area contributed by atoms with E-state index in [1.807, 2.05) is 0 Å². The third-order valence-electron chi connectivity index (χ3n) is 6.97. The normalized spacial score (nSPS) is 14.9. The van der Waals surface area contributed by atoms with Crippen LogP contribution in [0, 0.1) is 0 Å². The first-order valence-electron chi connectivity index (χ1n) is 14.3. The van der Waals surface area contributed by atoms with Gasteiger partial charge in [-0.05, 0) is 53.6 Å². The number of amides is 3. The van der Waals surface area contributed by atoms with Crippen LogP contribution in [0.3, 0.4) is 0 Å². The Hall–Kier alpha value is -5.33. The van der Waals surface area contributed by atoms with Crippen molar-refractivity contribution < 1.29 is 54.5 Å². The van der Waals surface area contributed by atoms with Crippen molar-refractivity contribution in [2.75, 3.05) is 31.4 Å². The van der Waals surface area contributed by atoms with E-state index < -0.39 is 49.4 Å². The second-order valence-electron chi connectivity index (χ2n) is 10.4. The summed E-state index contributed by atoms with van der Waals surface area (Å²) in [5.41, 5.74) is 0.454. The van der Waals surface area contributed by atoms with Crippen molar-refractivity contribution in [3.8, 4) is 34.3 Å². The van der Waals surface area contributed by atoms with Crippen molar-refractivity contribution >= 4 is 34.6 Å². The summed E-state index contributed by atoms with van der Waals surface area (Å²) in [6.07, 6.45) is -11.2. The Bertz CT molecular complexity index is 1900. The number of halogens is 7. The molecule has 50 heavy (non-hydrogen) atoms. The number of hydrogen-bond donors (Lipinski definition) is 1. The quantitative estimate of drug-likeness (QED) is 0.177. The summed E-state index contributed by atoms with van der Waals surface area (Å²) in [4.78, 5) is 34.3. The molecule has 1 aromatic heterocycles. The highest BCUT2D eigenvalue weighted by Crippen LogP contribution is 2.36. The largest absolute Gasteiger partial charge is 0.573 e. The van der Waals surface area contributed by atoms with Gasteiger partial charge in [-0.25, -0.2) is 18.9 Å². The predicted octanol–water partition coefficient (Wildman–Crippen LogP) is 6.81. The van der Waals surface area contributed by atoms with Gasteiger partial charge < -0.3 is 19.5 Å². The molecule has 1 saturated heterocycles. The van der Waals surface area contributed by atoms with Crippen LogP contribution < -0.4 is 24.4 Å². The van der Waals surface area contributed by atoms with Gasteiger partial charge in [0.1, 0.15) is 29.7 Å². The molecule has 1 N–H and O–H groups in total. The lowest BCUT2D eigenvalue weighted by atomic mass is 10.1. The lowest BCUT2D eigenvalue weighted by Crippen LogP contribution is -2.33. The summed E-state index contributed by atoms with van der Waals surface area (Å²) in [5, 5.41) is 6.42. The standard InChI is InChI=1S/C31H25F7N6O5S/c1-47-21-7-3-18(13-30(33,34)35)24(12-21)44-26(45)15-50-29(44)41-28(46)39-14-23(32)17-4-10-22(25(11-17)48-2)27-40-16-43(42-27)19-5-8-20(9-6-19)49-31(36,37)38/h3-12,16,23H,13-15H2,1-2H3,(H,39,46)/b41-29-. The molecule has 264 valence electrons. The average Bonchev–Trinajstić information content (AvgIpc) is 3.69. The van der Waals surface area contributed by atoms with Gasteiger partial charge >= 0.3 is 18.6 Å². The number of rotatable bonds is 10. The summed E-state index contributed by atoms with van der Waals surface area (Å²) in [7, 11) is 2.64. The van der Waals surface area contributed by atoms with Crippen LogP contribution in [0.2, 0.25) is 0 Å². The van der Waals surface area contributed by atoms with E-state index in [0.29, 0.717) is 11.3 Å². The molecule has 3 amide bonds. The molecule has 0 bridgehead atoms. The Balaban J connectivity index is 1.27.